The Morgan fingerprint density at radius 2 is 1.80 bits per heavy atom. The normalized spacial score (nSPS) is 16.1. The van der Waals surface area contributed by atoms with Crippen LogP contribution in [-0.2, 0) is 18.8 Å². The monoisotopic (exact) mass is 540 g/mol. The standard InChI is InChI=1S/C29H32N8O3/c1-29(2,3)40-28(39)36-12-6-7-20(17-36)37-26-24(35(5)27(37)38)15-31-23-11-10-22(33-25(23)26)18-8-9-21(30-13-18)19-14-32-34(4)16-19/h8-11,13-16,20H,6-7,12,17H2,1-5H3. The van der Waals surface area contributed by atoms with E-state index >= 15 is 0 Å². The molecule has 1 saturated heterocycles. The summed E-state index contributed by atoms with van der Waals surface area (Å²) in [4.78, 5) is 42.4. The number of hydrogen-bond donors (Lipinski definition) is 0. The number of rotatable bonds is 3. The van der Waals surface area contributed by atoms with Crippen LogP contribution in [0.25, 0.3) is 44.6 Å². The van der Waals surface area contributed by atoms with Gasteiger partial charge in [0.15, 0.2) is 0 Å². The van der Waals surface area contributed by atoms with E-state index in [-0.39, 0.29) is 17.8 Å². The number of hydrogen-bond acceptors (Lipinski definition) is 7. The number of nitrogens with zero attached hydrogens (tertiary/aromatic N) is 8. The number of carbonyl (C=O) groups is 1. The van der Waals surface area contributed by atoms with Crippen molar-refractivity contribution in [1.29, 1.82) is 0 Å². The van der Waals surface area contributed by atoms with Crippen LogP contribution in [-0.4, -0.2) is 63.6 Å². The van der Waals surface area contributed by atoms with Gasteiger partial charge in [-0.1, -0.05) is 0 Å². The highest BCUT2D eigenvalue weighted by Crippen LogP contribution is 2.30. The average Bonchev–Trinajstić information content (AvgIpc) is 3.48. The SMILES string of the molecule is Cn1cc(-c2ccc(-c3ccc4ncc5c(c4n3)n(C3CCCN(C(=O)OC(C)(C)C)C3)c(=O)n5C)cn2)cn1. The Bertz CT molecular complexity index is 1790. The van der Waals surface area contributed by atoms with Gasteiger partial charge >= 0.3 is 11.8 Å². The smallest absolute Gasteiger partial charge is 0.410 e. The van der Waals surface area contributed by atoms with Gasteiger partial charge in [-0.15, -0.1) is 0 Å². The highest BCUT2D eigenvalue weighted by Gasteiger charge is 2.31. The lowest BCUT2D eigenvalue weighted by atomic mass is 10.1. The Balaban J connectivity index is 1.41. The largest absolute Gasteiger partial charge is 0.444 e. The highest BCUT2D eigenvalue weighted by molar-refractivity contribution is 6.00. The number of pyridine rings is 3. The summed E-state index contributed by atoms with van der Waals surface area (Å²) in [6, 6.07) is 7.55. The first-order valence-corrected chi connectivity index (χ1v) is 13.4. The van der Waals surface area contributed by atoms with Crippen LogP contribution < -0.4 is 5.69 Å². The van der Waals surface area contributed by atoms with E-state index in [2.05, 4.69) is 15.1 Å². The molecule has 1 fully saturated rings. The van der Waals surface area contributed by atoms with Crippen molar-refractivity contribution < 1.29 is 9.53 Å². The van der Waals surface area contributed by atoms with Crippen molar-refractivity contribution in [3.05, 3.63) is 59.5 Å². The number of fused-ring (bicyclic) bond motifs is 3. The molecule has 0 spiro atoms. The first-order chi connectivity index (χ1) is 19.1. The van der Waals surface area contributed by atoms with Crippen LogP contribution in [0.2, 0.25) is 0 Å². The number of imidazole rings is 1. The van der Waals surface area contributed by atoms with Gasteiger partial charge in [-0.05, 0) is 57.9 Å². The molecule has 0 radical (unpaired) electrons. The van der Waals surface area contributed by atoms with Gasteiger partial charge in [-0.2, -0.15) is 5.10 Å². The molecule has 0 saturated carbocycles. The molecule has 1 unspecified atom stereocenters. The van der Waals surface area contributed by atoms with Crippen molar-refractivity contribution in [1.82, 2.24) is 38.8 Å². The summed E-state index contributed by atoms with van der Waals surface area (Å²) in [5, 5.41) is 4.22. The third kappa shape index (κ3) is 4.61. The lowest BCUT2D eigenvalue weighted by molar-refractivity contribution is 0.0173. The summed E-state index contributed by atoms with van der Waals surface area (Å²) in [6.45, 7) is 6.54. The molecule has 40 heavy (non-hydrogen) atoms. The molecule has 11 nitrogen and oxygen atoms in total. The second kappa shape index (κ2) is 9.58. The van der Waals surface area contributed by atoms with Crippen LogP contribution in [0, 0.1) is 0 Å². The predicted molar refractivity (Wildman–Crippen MR) is 152 cm³/mol. The van der Waals surface area contributed by atoms with E-state index in [9.17, 15) is 9.59 Å². The first-order valence-electron chi connectivity index (χ1n) is 13.4. The zero-order valence-corrected chi connectivity index (χ0v) is 23.3. The molecule has 0 aliphatic carbocycles. The molecule has 6 rings (SSSR count). The van der Waals surface area contributed by atoms with Gasteiger partial charge in [0.1, 0.15) is 11.1 Å². The minimum Gasteiger partial charge on any atom is -0.444 e. The fourth-order valence-corrected chi connectivity index (χ4v) is 5.31. The van der Waals surface area contributed by atoms with Crippen molar-refractivity contribution in [3.63, 3.8) is 0 Å². The Labute approximate surface area is 231 Å². The molecule has 206 valence electrons. The quantitative estimate of drug-likeness (QED) is 0.335. The molecule has 11 heteroatoms. The number of carbonyl (C=O) groups excluding carboxylic acids is 1. The van der Waals surface area contributed by atoms with E-state index in [1.165, 1.54) is 0 Å². The van der Waals surface area contributed by atoms with Crippen molar-refractivity contribution in [2.45, 2.75) is 45.3 Å². The van der Waals surface area contributed by atoms with Crippen LogP contribution in [0.3, 0.4) is 0 Å². The third-order valence-corrected chi connectivity index (χ3v) is 7.24. The van der Waals surface area contributed by atoms with Crippen LogP contribution in [0.15, 0.2) is 53.8 Å². The van der Waals surface area contributed by atoms with Gasteiger partial charge in [-0.25, -0.2) is 14.6 Å². The molecule has 6 heterocycles. The topological polar surface area (TPSA) is 113 Å². The van der Waals surface area contributed by atoms with E-state index in [1.807, 2.05) is 58.3 Å². The molecule has 1 atom stereocenters. The van der Waals surface area contributed by atoms with Crippen molar-refractivity contribution in [2.24, 2.45) is 14.1 Å². The molecule has 0 bridgehead atoms. The van der Waals surface area contributed by atoms with Gasteiger partial charge in [0.25, 0.3) is 0 Å². The Morgan fingerprint density at radius 3 is 2.50 bits per heavy atom. The summed E-state index contributed by atoms with van der Waals surface area (Å²) in [7, 11) is 3.62. The fraction of sp³-hybridized carbons (Fsp3) is 0.379. The van der Waals surface area contributed by atoms with Gasteiger partial charge in [0.2, 0.25) is 0 Å². The minimum absolute atomic E-state index is 0.157. The lowest BCUT2D eigenvalue weighted by Crippen LogP contribution is -2.45. The van der Waals surface area contributed by atoms with Crippen LogP contribution in [0.4, 0.5) is 4.79 Å². The first kappa shape index (κ1) is 25.7. The lowest BCUT2D eigenvalue weighted by Gasteiger charge is -2.34. The second-order valence-electron chi connectivity index (χ2n) is 11.3. The Kier molecular flexibility index (Phi) is 6.16. The van der Waals surface area contributed by atoms with Crippen molar-refractivity contribution in [3.8, 4) is 22.5 Å². The van der Waals surface area contributed by atoms with E-state index in [0.29, 0.717) is 29.6 Å². The summed E-state index contributed by atoms with van der Waals surface area (Å²) < 4.78 is 10.8. The predicted octanol–water partition coefficient (Wildman–Crippen LogP) is 4.32. The highest BCUT2D eigenvalue weighted by atomic mass is 16.6. The number of piperidine rings is 1. The third-order valence-electron chi connectivity index (χ3n) is 7.24. The molecular weight excluding hydrogens is 508 g/mol. The summed E-state index contributed by atoms with van der Waals surface area (Å²) in [6.07, 6.45) is 8.38. The maximum Gasteiger partial charge on any atom is 0.410 e. The average molecular weight is 541 g/mol. The van der Waals surface area contributed by atoms with E-state index in [0.717, 1.165) is 40.9 Å². The summed E-state index contributed by atoms with van der Waals surface area (Å²) in [5.41, 5.74) is 5.34. The Morgan fingerprint density at radius 1 is 1.00 bits per heavy atom. The van der Waals surface area contributed by atoms with Gasteiger partial charge in [0, 0.05) is 50.7 Å². The number of aryl methyl sites for hydroxylation is 2. The van der Waals surface area contributed by atoms with E-state index in [4.69, 9.17) is 9.72 Å². The maximum atomic E-state index is 13.6. The molecule has 0 N–H and O–H groups in total. The molecule has 5 aromatic rings. The number of amides is 1. The molecule has 5 aromatic heterocycles. The van der Waals surface area contributed by atoms with Gasteiger partial charge in [-0.3, -0.25) is 23.8 Å². The van der Waals surface area contributed by atoms with Crippen LogP contribution in [0.5, 0.6) is 0 Å². The molecular formula is C29H32N8O3. The Hall–Kier alpha value is -4.54. The molecule has 1 aliphatic heterocycles. The molecule has 1 amide bonds. The summed E-state index contributed by atoms with van der Waals surface area (Å²) in [5.74, 6) is 0. The molecule has 1 aliphatic rings. The fourth-order valence-electron chi connectivity index (χ4n) is 5.31. The minimum atomic E-state index is -0.590. The zero-order chi connectivity index (χ0) is 28.2. The second-order valence-corrected chi connectivity index (χ2v) is 11.3. The van der Waals surface area contributed by atoms with E-state index in [1.54, 1.807) is 44.4 Å². The molecule has 0 aromatic carbocycles. The van der Waals surface area contributed by atoms with Crippen LogP contribution in [0.1, 0.15) is 39.7 Å². The van der Waals surface area contributed by atoms with Crippen molar-refractivity contribution in [2.75, 3.05) is 13.1 Å². The van der Waals surface area contributed by atoms with Crippen molar-refractivity contribution >= 4 is 28.2 Å². The van der Waals surface area contributed by atoms with Gasteiger partial charge < -0.3 is 9.64 Å². The summed E-state index contributed by atoms with van der Waals surface area (Å²) >= 11 is 0. The maximum absolute atomic E-state index is 13.6. The zero-order valence-electron chi connectivity index (χ0n) is 23.3. The number of aromatic nitrogens is 7. The number of likely N-dealkylation sites (tertiary alicyclic amines) is 1. The number of ether oxygens (including phenoxy) is 1. The van der Waals surface area contributed by atoms with Gasteiger partial charge in [0.05, 0.1) is 46.4 Å². The van der Waals surface area contributed by atoms with Crippen LogP contribution >= 0.6 is 0 Å². The van der Waals surface area contributed by atoms with E-state index < -0.39 is 5.60 Å².